The minimum Gasteiger partial charge on any atom is -0.470 e. The van der Waals surface area contributed by atoms with Crippen molar-refractivity contribution in [3.8, 4) is 5.88 Å². The molecular weight excluding hydrogens is 258 g/mol. The second kappa shape index (κ2) is 5.76. The minimum absolute atomic E-state index is 0.104. The first-order valence-electron chi connectivity index (χ1n) is 6.97. The molecule has 1 N–H and O–H groups in total. The first kappa shape index (κ1) is 13.3. The molecule has 1 aromatic heterocycles. The molecule has 3 heterocycles. The molecule has 6 nitrogen and oxygen atoms in total. The van der Waals surface area contributed by atoms with Crippen LogP contribution < -0.4 is 10.1 Å². The third-order valence-electron chi connectivity index (χ3n) is 3.90. The molecule has 2 aliphatic heterocycles. The molecule has 0 aromatic carbocycles. The van der Waals surface area contributed by atoms with Crippen molar-refractivity contribution in [3.63, 3.8) is 0 Å². The van der Waals surface area contributed by atoms with E-state index in [0.29, 0.717) is 18.0 Å². The zero-order valence-electron chi connectivity index (χ0n) is 11.5. The van der Waals surface area contributed by atoms with Gasteiger partial charge in [0, 0.05) is 25.3 Å². The molecule has 0 bridgehead atoms. The summed E-state index contributed by atoms with van der Waals surface area (Å²) in [6, 6.07) is 3.68. The monoisotopic (exact) mass is 277 g/mol. The molecule has 0 saturated carbocycles. The van der Waals surface area contributed by atoms with Gasteiger partial charge < -0.3 is 14.8 Å². The molecule has 1 amide bonds. The van der Waals surface area contributed by atoms with Gasteiger partial charge >= 0.3 is 0 Å². The van der Waals surface area contributed by atoms with Crippen molar-refractivity contribution in [2.75, 3.05) is 32.8 Å². The minimum atomic E-state index is -0.121. The number of carbonyl (C=O) groups excluding carboxylic acids is 1. The van der Waals surface area contributed by atoms with Crippen molar-refractivity contribution in [2.24, 2.45) is 0 Å². The fourth-order valence-corrected chi connectivity index (χ4v) is 2.62. The Balaban J connectivity index is 1.77. The quantitative estimate of drug-likeness (QED) is 0.842. The average molecular weight is 277 g/mol. The third-order valence-corrected chi connectivity index (χ3v) is 3.90. The van der Waals surface area contributed by atoms with Crippen LogP contribution in [0.25, 0.3) is 0 Å². The van der Waals surface area contributed by atoms with Crippen LogP contribution in [-0.2, 0) is 4.74 Å². The third kappa shape index (κ3) is 2.62. The Kier molecular flexibility index (Phi) is 3.84. The number of ether oxygens (including phenoxy) is 2. The van der Waals surface area contributed by atoms with Crippen LogP contribution in [0, 0.1) is 0 Å². The molecule has 1 aromatic rings. The Morgan fingerprint density at radius 1 is 1.45 bits per heavy atom. The molecule has 2 aliphatic rings. The van der Waals surface area contributed by atoms with E-state index in [9.17, 15) is 4.79 Å². The van der Waals surface area contributed by atoms with Gasteiger partial charge in [0.1, 0.15) is 11.7 Å². The Labute approximate surface area is 118 Å². The Hall–Kier alpha value is -1.66. The fraction of sp³-hybridized carbons (Fsp3) is 0.571. The van der Waals surface area contributed by atoms with Crippen LogP contribution in [0.5, 0.6) is 5.88 Å². The number of aromatic nitrogens is 1. The molecule has 108 valence electrons. The Morgan fingerprint density at radius 2 is 2.25 bits per heavy atom. The summed E-state index contributed by atoms with van der Waals surface area (Å²) < 4.78 is 11.3. The lowest BCUT2D eigenvalue weighted by molar-refractivity contribution is -0.00890. The normalized spacial score (nSPS) is 25.1. The molecule has 3 rings (SSSR count). The van der Waals surface area contributed by atoms with Crippen LogP contribution in [0.3, 0.4) is 0 Å². The van der Waals surface area contributed by atoms with Gasteiger partial charge in [-0.3, -0.25) is 9.69 Å². The van der Waals surface area contributed by atoms with Crippen molar-refractivity contribution in [1.29, 1.82) is 0 Å². The van der Waals surface area contributed by atoms with E-state index in [-0.39, 0.29) is 18.1 Å². The van der Waals surface area contributed by atoms with Crippen LogP contribution in [0.2, 0.25) is 0 Å². The van der Waals surface area contributed by atoms with Crippen LogP contribution in [0.1, 0.15) is 17.3 Å². The van der Waals surface area contributed by atoms with Gasteiger partial charge in [0.2, 0.25) is 5.88 Å². The van der Waals surface area contributed by atoms with E-state index in [1.165, 1.54) is 0 Å². The van der Waals surface area contributed by atoms with Gasteiger partial charge in [-0.15, -0.1) is 0 Å². The number of carbonyl (C=O) groups is 1. The van der Waals surface area contributed by atoms with Crippen molar-refractivity contribution < 1.29 is 14.3 Å². The summed E-state index contributed by atoms with van der Waals surface area (Å²) >= 11 is 0. The zero-order chi connectivity index (χ0) is 13.9. The molecule has 1 fully saturated rings. The molecule has 0 aliphatic carbocycles. The van der Waals surface area contributed by atoms with E-state index < -0.39 is 0 Å². The maximum absolute atomic E-state index is 12.0. The summed E-state index contributed by atoms with van der Waals surface area (Å²) in [6.07, 6.45) is 1.54. The van der Waals surface area contributed by atoms with Crippen LogP contribution >= 0.6 is 0 Å². The van der Waals surface area contributed by atoms with Gasteiger partial charge in [-0.2, -0.15) is 0 Å². The number of pyridine rings is 1. The van der Waals surface area contributed by atoms with Gasteiger partial charge in [-0.05, 0) is 19.1 Å². The lowest BCUT2D eigenvalue weighted by Gasteiger charge is -2.36. The Bertz CT molecular complexity index is 488. The van der Waals surface area contributed by atoms with Gasteiger partial charge in [-0.25, -0.2) is 4.98 Å². The second-order valence-electron chi connectivity index (χ2n) is 5.11. The molecule has 2 atom stereocenters. The highest BCUT2D eigenvalue weighted by atomic mass is 16.5. The second-order valence-corrected chi connectivity index (χ2v) is 5.11. The highest BCUT2D eigenvalue weighted by molar-refractivity contribution is 5.96. The molecule has 2 unspecified atom stereocenters. The van der Waals surface area contributed by atoms with E-state index in [2.05, 4.69) is 22.1 Å². The molecule has 20 heavy (non-hydrogen) atoms. The number of fused-ring (bicyclic) bond motifs is 1. The van der Waals surface area contributed by atoms with Crippen molar-refractivity contribution in [2.45, 2.75) is 19.1 Å². The molecule has 1 saturated heterocycles. The smallest absolute Gasteiger partial charge is 0.256 e. The highest BCUT2D eigenvalue weighted by Gasteiger charge is 2.31. The molecule has 6 heteroatoms. The van der Waals surface area contributed by atoms with E-state index in [1.54, 1.807) is 18.3 Å². The number of nitrogens with zero attached hydrogens (tertiary/aromatic N) is 2. The summed E-state index contributed by atoms with van der Waals surface area (Å²) in [6.45, 7) is 5.90. The summed E-state index contributed by atoms with van der Waals surface area (Å²) in [4.78, 5) is 18.5. The molecule has 0 radical (unpaired) electrons. The van der Waals surface area contributed by atoms with E-state index in [4.69, 9.17) is 9.47 Å². The predicted molar refractivity (Wildman–Crippen MR) is 72.8 cm³/mol. The topological polar surface area (TPSA) is 63.7 Å². The van der Waals surface area contributed by atoms with Crippen LogP contribution in [-0.4, -0.2) is 60.8 Å². The van der Waals surface area contributed by atoms with E-state index >= 15 is 0 Å². The SMILES string of the molecule is CC(C1CNC(=O)c2cccnc2O1)N1CCOCC1. The van der Waals surface area contributed by atoms with Crippen LogP contribution in [0.15, 0.2) is 18.3 Å². The van der Waals surface area contributed by atoms with Crippen molar-refractivity contribution in [3.05, 3.63) is 23.9 Å². The van der Waals surface area contributed by atoms with Gasteiger partial charge in [0.25, 0.3) is 5.91 Å². The first-order valence-corrected chi connectivity index (χ1v) is 6.97. The van der Waals surface area contributed by atoms with Gasteiger partial charge in [-0.1, -0.05) is 0 Å². The average Bonchev–Trinajstić information content (AvgIpc) is 2.67. The summed E-state index contributed by atoms with van der Waals surface area (Å²) in [7, 11) is 0. The van der Waals surface area contributed by atoms with E-state index in [1.807, 2.05) is 0 Å². The summed E-state index contributed by atoms with van der Waals surface area (Å²) in [5.74, 6) is 0.303. The van der Waals surface area contributed by atoms with Crippen molar-refractivity contribution >= 4 is 5.91 Å². The fourth-order valence-electron chi connectivity index (χ4n) is 2.62. The van der Waals surface area contributed by atoms with Crippen LogP contribution in [0.4, 0.5) is 0 Å². The summed E-state index contributed by atoms with van der Waals surface area (Å²) in [5, 5.41) is 2.91. The van der Waals surface area contributed by atoms with Crippen molar-refractivity contribution in [1.82, 2.24) is 15.2 Å². The molecular formula is C14H19N3O3. The Morgan fingerprint density at radius 3 is 3.05 bits per heavy atom. The lowest BCUT2D eigenvalue weighted by Crippen LogP contribution is -2.52. The number of morpholine rings is 1. The predicted octanol–water partition coefficient (Wildman–Crippen LogP) is 0.293. The van der Waals surface area contributed by atoms with E-state index in [0.717, 1.165) is 26.3 Å². The summed E-state index contributed by atoms with van der Waals surface area (Å²) in [5.41, 5.74) is 0.504. The largest absolute Gasteiger partial charge is 0.470 e. The number of amides is 1. The number of hydrogen-bond acceptors (Lipinski definition) is 5. The maximum atomic E-state index is 12.0. The number of rotatable bonds is 2. The number of nitrogens with one attached hydrogen (secondary N) is 1. The lowest BCUT2D eigenvalue weighted by atomic mass is 10.1. The first-order chi connectivity index (χ1) is 9.75. The standard InChI is InChI=1S/C14H19N3O3/c1-10(17-5-7-19-8-6-17)12-9-16-13(18)11-3-2-4-15-14(11)20-12/h2-4,10,12H,5-9H2,1H3,(H,16,18). The highest BCUT2D eigenvalue weighted by Crippen LogP contribution is 2.21. The number of hydrogen-bond donors (Lipinski definition) is 1. The van der Waals surface area contributed by atoms with Gasteiger partial charge in [0.15, 0.2) is 0 Å². The molecule has 0 spiro atoms. The van der Waals surface area contributed by atoms with Gasteiger partial charge in [0.05, 0.1) is 19.8 Å². The zero-order valence-corrected chi connectivity index (χ0v) is 11.5. The maximum Gasteiger partial charge on any atom is 0.256 e.